The third-order valence-electron chi connectivity index (χ3n) is 3.47. The van der Waals surface area contributed by atoms with E-state index in [-0.39, 0.29) is 23.7 Å². The number of methoxy groups -OCH3 is 1. The molecule has 0 unspecified atom stereocenters. The Kier molecular flexibility index (Phi) is 4.97. The summed E-state index contributed by atoms with van der Waals surface area (Å²) < 4.78 is 4.64. The van der Waals surface area contributed by atoms with Crippen molar-refractivity contribution in [2.75, 3.05) is 37.8 Å². The maximum atomic E-state index is 12.0. The normalized spacial score (nSPS) is 14.6. The first-order chi connectivity index (χ1) is 10.1. The topological polar surface area (TPSA) is 97.5 Å². The van der Waals surface area contributed by atoms with E-state index in [0.717, 1.165) is 25.9 Å². The minimum Gasteiger partial charge on any atom is -0.465 e. The number of rotatable bonds is 4. The molecule has 3 N–H and O–H groups in total. The summed E-state index contributed by atoms with van der Waals surface area (Å²) in [5.74, 6) is -0.0665. The Bertz CT molecular complexity index is 527. The number of amides is 1. The number of likely N-dealkylation sites (tertiary alicyclic amines) is 1. The molecule has 1 fully saturated rings. The molecule has 1 amide bonds. The van der Waals surface area contributed by atoms with E-state index < -0.39 is 5.97 Å². The number of nitrogens with zero attached hydrogens (tertiary/aromatic N) is 2. The van der Waals surface area contributed by atoms with E-state index in [1.165, 1.54) is 25.8 Å². The van der Waals surface area contributed by atoms with E-state index in [1.807, 2.05) is 4.90 Å². The first kappa shape index (κ1) is 15.1. The number of nitrogens with one attached hydrogen (secondary N) is 1. The van der Waals surface area contributed by atoms with Gasteiger partial charge in [-0.2, -0.15) is 0 Å². The van der Waals surface area contributed by atoms with Gasteiger partial charge in [-0.25, -0.2) is 9.78 Å². The number of pyridine rings is 1. The summed E-state index contributed by atoms with van der Waals surface area (Å²) in [6, 6.07) is 1.49. The summed E-state index contributed by atoms with van der Waals surface area (Å²) in [6.07, 6.45) is 4.66. The molecule has 1 aromatic heterocycles. The molecule has 0 atom stereocenters. The lowest BCUT2D eigenvalue weighted by Crippen LogP contribution is -2.39. The fraction of sp³-hybridized carbons (Fsp3) is 0.500. The highest BCUT2D eigenvalue weighted by Gasteiger charge is 2.17. The highest BCUT2D eigenvalue weighted by molar-refractivity contribution is 5.95. The van der Waals surface area contributed by atoms with Gasteiger partial charge < -0.3 is 20.7 Å². The molecule has 1 aromatic rings. The predicted octanol–water partition coefficient (Wildman–Crippen LogP) is 0.875. The van der Waals surface area contributed by atoms with Crippen molar-refractivity contribution < 1.29 is 14.3 Å². The van der Waals surface area contributed by atoms with Gasteiger partial charge >= 0.3 is 5.97 Å². The molecule has 2 rings (SSSR count). The summed E-state index contributed by atoms with van der Waals surface area (Å²) in [4.78, 5) is 29.5. The zero-order valence-corrected chi connectivity index (χ0v) is 12.1. The van der Waals surface area contributed by atoms with Crippen LogP contribution >= 0.6 is 0 Å². The highest BCUT2D eigenvalue weighted by Crippen LogP contribution is 2.16. The number of nitrogens with two attached hydrogens (primary N) is 1. The summed E-state index contributed by atoms with van der Waals surface area (Å²) >= 11 is 0. The van der Waals surface area contributed by atoms with E-state index >= 15 is 0 Å². The zero-order chi connectivity index (χ0) is 15.2. The molecule has 0 saturated carbocycles. The Morgan fingerprint density at radius 1 is 1.38 bits per heavy atom. The molecule has 7 nitrogen and oxygen atoms in total. The molecule has 21 heavy (non-hydrogen) atoms. The number of piperidine rings is 1. The number of esters is 1. The van der Waals surface area contributed by atoms with Crippen LogP contribution in [0.5, 0.6) is 0 Å². The SMILES string of the molecule is COC(=O)c1cc(NCC(=O)N2CCCCC2)ncc1N. The Labute approximate surface area is 123 Å². The molecule has 0 aromatic carbocycles. The predicted molar refractivity (Wildman–Crippen MR) is 78.9 cm³/mol. The third-order valence-corrected chi connectivity index (χ3v) is 3.47. The van der Waals surface area contributed by atoms with Gasteiger partial charge in [0.15, 0.2) is 0 Å². The van der Waals surface area contributed by atoms with Gasteiger partial charge in [0.25, 0.3) is 0 Å². The fourth-order valence-electron chi connectivity index (χ4n) is 2.27. The van der Waals surface area contributed by atoms with Crippen LogP contribution in [0.3, 0.4) is 0 Å². The number of carbonyl (C=O) groups is 2. The number of hydrogen-bond donors (Lipinski definition) is 2. The lowest BCUT2D eigenvalue weighted by molar-refractivity contribution is -0.130. The largest absolute Gasteiger partial charge is 0.465 e. The van der Waals surface area contributed by atoms with Crippen molar-refractivity contribution in [1.29, 1.82) is 0 Å². The second-order valence-electron chi connectivity index (χ2n) is 4.94. The second kappa shape index (κ2) is 6.92. The summed E-state index contributed by atoms with van der Waals surface area (Å²) in [7, 11) is 1.29. The number of anilines is 2. The summed E-state index contributed by atoms with van der Waals surface area (Å²) in [6.45, 7) is 1.77. The van der Waals surface area contributed by atoms with Crippen LogP contribution in [0.4, 0.5) is 11.5 Å². The summed E-state index contributed by atoms with van der Waals surface area (Å²) in [5.41, 5.74) is 6.15. The summed E-state index contributed by atoms with van der Waals surface area (Å²) in [5, 5.41) is 2.92. The fourth-order valence-corrected chi connectivity index (χ4v) is 2.27. The average molecular weight is 292 g/mol. The maximum absolute atomic E-state index is 12.0. The highest BCUT2D eigenvalue weighted by atomic mass is 16.5. The molecule has 0 bridgehead atoms. The van der Waals surface area contributed by atoms with Crippen molar-refractivity contribution in [2.45, 2.75) is 19.3 Å². The van der Waals surface area contributed by atoms with Crippen LogP contribution < -0.4 is 11.1 Å². The smallest absolute Gasteiger partial charge is 0.340 e. The van der Waals surface area contributed by atoms with Crippen LogP contribution in [0, 0.1) is 0 Å². The first-order valence-electron chi connectivity index (χ1n) is 6.97. The zero-order valence-electron chi connectivity index (χ0n) is 12.1. The van der Waals surface area contributed by atoms with E-state index in [2.05, 4.69) is 15.0 Å². The first-order valence-corrected chi connectivity index (χ1v) is 6.97. The van der Waals surface area contributed by atoms with Gasteiger partial charge in [-0.05, 0) is 25.3 Å². The molecule has 0 aliphatic carbocycles. The lowest BCUT2D eigenvalue weighted by atomic mass is 10.1. The monoisotopic (exact) mass is 292 g/mol. The van der Waals surface area contributed by atoms with Gasteiger partial charge in [-0.1, -0.05) is 0 Å². The van der Waals surface area contributed by atoms with Crippen molar-refractivity contribution >= 4 is 23.4 Å². The van der Waals surface area contributed by atoms with Gasteiger partial charge in [-0.3, -0.25) is 4.79 Å². The van der Waals surface area contributed by atoms with E-state index in [9.17, 15) is 9.59 Å². The van der Waals surface area contributed by atoms with E-state index in [4.69, 9.17) is 5.73 Å². The minimum absolute atomic E-state index is 0.0351. The standard InChI is InChI=1S/C14H20N4O3/c1-21-14(20)10-7-12(16-8-11(10)15)17-9-13(19)18-5-3-2-4-6-18/h7-8H,2-6,9,15H2,1H3,(H,16,17). The average Bonchev–Trinajstić information content (AvgIpc) is 2.53. The number of ether oxygens (including phenoxy) is 1. The van der Waals surface area contributed by atoms with Crippen molar-refractivity contribution in [1.82, 2.24) is 9.88 Å². The van der Waals surface area contributed by atoms with Crippen molar-refractivity contribution in [3.63, 3.8) is 0 Å². The number of nitrogen functional groups attached to an aromatic ring is 1. The van der Waals surface area contributed by atoms with Crippen molar-refractivity contribution in [2.24, 2.45) is 0 Å². The lowest BCUT2D eigenvalue weighted by Gasteiger charge is -2.26. The molecule has 0 radical (unpaired) electrons. The molecule has 1 saturated heterocycles. The molecule has 1 aliphatic heterocycles. The Hall–Kier alpha value is -2.31. The van der Waals surface area contributed by atoms with Crippen LogP contribution in [0.25, 0.3) is 0 Å². The van der Waals surface area contributed by atoms with Crippen LogP contribution in [-0.4, -0.2) is 48.5 Å². The number of aromatic nitrogens is 1. The number of hydrogen-bond acceptors (Lipinski definition) is 6. The van der Waals surface area contributed by atoms with Gasteiger partial charge in [-0.15, -0.1) is 0 Å². The van der Waals surface area contributed by atoms with Crippen LogP contribution in [0.1, 0.15) is 29.6 Å². The minimum atomic E-state index is -0.527. The van der Waals surface area contributed by atoms with E-state index in [0.29, 0.717) is 5.82 Å². The van der Waals surface area contributed by atoms with Crippen LogP contribution in [0.2, 0.25) is 0 Å². The Balaban J connectivity index is 1.96. The van der Waals surface area contributed by atoms with Crippen molar-refractivity contribution in [3.05, 3.63) is 17.8 Å². The molecule has 2 heterocycles. The van der Waals surface area contributed by atoms with Gasteiger partial charge in [0, 0.05) is 13.1 Å². The molecule has 7 heteroatoms. The molecular weight excluding hydrogens is 272 g/mol. The molecule has 1 aliphatic rings. The van der Waals surface area contributed by atoms with Crippen molar-refractivity contribution in [3.8, 4) is 0 Å². The van der Waals surface area contributed by atoms with Gasteiger partial charge in [0.1, 0.15) is 5.82 Å². The Morgan fingerprint density at radius 2 is 2.10 bits per heavy atom. The van der Waals surface area contributed by atoms with Gasteiger partial charge in [0.2, 0.25) is 5.91 Å². The van der Waals surface area contributed by atoms with Gasteiger partial charge in [0.05, 0.1) is 31.1 Å². The van der Waals surface area contributed by atoms with E-state index in [1.54, 1.807) is 0 Å². The Morgan fingerprint density at radius 3 is 2.76 bits per heavy atom. The second-order valence-corrected chi connectivity index (χ2v) is 4.94. The molecular formula is C14H20N4O3. The van der Waals surface area contributed by atoms with Crippen LogP contribution in [0.15, 0.2) is 12.3 Å². The number of carbonyl (C=O) groups excluding carboxylic acids is 2. The molecule has 0 spiro atoms. The maximum Gasteiger partial charge on any atom is 0.340 e. The third kappa shape index (κ3) is 3.84. The molecule has 114 valence electrons. The van der Waals surface area contributed by atoms with Crippen LogP contribution in [-0.2, 0) is 9.53 Å². The quantitative estimate of drug-likeness (QED) is 0.799.